The number of thioether (sulfide) groups is 1. The van der Waals surface area contributed by atoms with E-state index in [1.165, 1.54) is 18.6 Å². The summed E-state index contributed by atoms with van der Waals surface area (Å²) >= 11 is 1.98. The number of halogens is 1. The minimum atomic E-state index is -3.32. The third-order valence-corrected chi connectivity index (χ3v) is 7.93. The normalized spacial score (nSPS) is 21.4. The van der Waals surface area contributed by atoms with Gasteiger partial charge in [0.05, 0.1) is 17.2 Å². The Hall–Kier alpha value is -0.480. The maximum absolute atomic E-state index is 12.7. The third-order valence-electron chi connectivity index (χ3n) is 4.57. The lowest BCUT2D eigenvalue weighted by atomic mass is 10.1. The van der Waals surface area contributed by atoms with E-state index in [0.717, 1.165) is 13.1 Å². The molecule has 0 bridgehead atoms. The highest BCUT2D eigenvalue weighted by atomic mass is 127. The van der Waals surface area contributed by atoms with E-state index in [1.807, 2.05) is 31.7 Å². The van der Waals surface area contributed by atoms with Crippen LogP contribution in [-0.4, -0.2) is 49.8 Å². The number of hydrogen-bond donors (Lipinski definition) is 2. The number of sulfone groups is 1. The molecule has 1 fully saturated rings. The molecule has 5 nitrogen and oxygen atoms in total. The summed E-state index contributed by atoms with van der Waals surface area (Å²) in [6.07, 6.45) is 3.14. The first-order valence-electron chi connectivity index (χ1n) is 9.35. The summed E-state index contributed by atoms with van der Waals surface area (Å²) in [5.41, 5.74) is 0. The van der Waals surface area contributed by atoms with Crippen molar-refractivity contribution in [2.45, 2.75) is 55.7 Å². The van der Waals surface area contributed by atoms with Gasteiger partial charge in [0.25, 0.3) is 0 Å². The zero-order valence-electron chi connectivity index (χ0n) is 16.4. The zero-order valence-corrected chi connectivity index (χ0v) is 20.4. The summed E-state index contributed by atoms with van der Waals surface area (Å²) < 4.78 is 25.5. The average molecular weight is 526 g/mol. The highest BCUT2D eigenvalue weighted by Gasteiger charge is 2.29. The van der Waals surface area contributed by atoms with E-state index in [1.54, 1.807) is 24.3 Å². The first kappa shape index (κ1) is 24.6. The van der Waals surface area contributed by atoms with Crippen molar-refractivity contribution in [2.75, 3.05) is 24.6 Å². The third kappa shape index (κ3) is 7.81. The van der Waals surface area contributed by atoms with Crippen LogP contribution in [0.5, 0.6) is 0 Å². The SMILES string of the molecule is CCNC(=NCC1(C)CCCS1)NC(CC)CS(=O)(=O)c1ccccc1.I. The zero-order chi connectivity index (χ0) is 19.0. The maximum atomic E-state index is 12.7. The van der Waals surface area contributed by atoms with Gasteiger partial charge in [-0.15, -0.1) is 24.0 Å². The van der Waals surface area contributed by atoms with E-state index < -0.39 is 9.84 Å². The molecule has 2 N–H and O–H groups in total. The minimum Gasteiger partial charge on any atom is -0.357 e. The number of rotatable bonds is 8. The second-order valence-electron chi connectivity index (χ2n) is 6.94. The molecule has 0 spiro atoms. The van der Waals surface area contributed by atoms with Crippen LogP contribution in [0, 0.1) is 0 Å². The van der Waals surface area contributed by atoms with Gasteiger partial charge in [-0.25, -0.2) is 8.42 Å². The Labute approximate surface area is 185 Å². The molecular formula is C19H32IN3O2S2. The van der Waals surface area contributed by atoms with Gasteiger partial charge in [0.1, 0.15) is 0 Å². The van der Waals surface area contributed by atoms with E-state index in [-0.39, 0.29) is 40.5 Å². The van der Waals surface area contributed by atoms with Crippen LogP contribution >= 0.6 is 35.7 Å². The van der Waals surface area contributed by atoms with Gasteiger partial charge in [-0.1, -0.05) is 25.1 Å². The molecule has 0 aromatic heterocycles. The summed E-state index contributed by atoms with van der Waals surface area (Å²) in [6, 6.07) is 8.46. The average Bonchev–Trinajstić information content (AvgIpc) is 3.07. The predicted molar refractivity (Wildman–Crippen MR) is 127 cm³/mol. The first-order chi connectivity index (χ1) is 12.4. The summed E-state index contributed by atoms with van der Waals surface area (Å²) in [5, 5.41) is 6.57. The van der Waals surface area contributed by atoms with E-state index in [0.29, 0.717) is 17.3 Å². The second-order valence-corrected chi connectivity index (χ2v) is 10.7. The van der Waals surface area contributed by atoms with Crippen molar-refractivity contribution in [3.8, 4) is 0 Å². The summed E-state index contributed by atoms with van der Waals surface area (Å²) in [6.45, 7) is 7.77. The molecule has 0 amide bonds. The van der Waals surface area contributed by atoms with Gasteiger partial charge in [0.2, 0.25) is 0 Å². The number of nitrogens with one attached hydrogen (secondary N) is 2. The lowest BCUT2D eigenvalue weighted by Crippen LogP contribution is -2.46. The van der Waals surface area contributed by atoms with Gasteiger partial charge in [0, 0.05) is 17.3 Å². The number of benzene rings is 1. The molecule has 0 aliphatic carbocycles. The molecule has 2 unspecified atom stereocenters. The molecule has 0 saturated carbocycles. The Kier molecular flexibility index (Phi) is 10.5. The fourth-order valence-corrected chi connectivity index (χ4v) is 5.81. The molecule has 2 atom stereocenters. The maximum Gasteiger partial charge on any atom is 0.191 e. The van der Waals surface area contributed by atoms with Crippen LogP contribution < -0.4 is 10.6 Å². The van der Waals surface area contributed by atoms with E-state index in [2.05, 4.69) is 17.6 Å². The predicted octanol–water partition coefficient (Wildman–Crippen LogP) is 3.70. The number of hydrogen-bond acceptors (Lipinski definition) is 4. The van der Waals surface area contributed by atoms with Crippen LogP contribution in [0.15, 0.2) is 40.2 Å². The van der Waals surface area contributed by atoms with Crippen molar-refractivity contribution in [3.05, 3.63) is 30.3 Å². The van der Waals surface area contributed by atoms with Crippen molar-refractivity contribution >= 4 is 51.5 Å². The topological polar surface area (TPSA) is 70.6 Å². The Balaban J connectivity index is 0.00000364. The van der Waals surface area contributed by atoms with Crippen molar-refractivity contribution < 1.29 is 8.42 Å². The van der Waals surface area contributed by atoms with Gasteiger partial charge in [-0.2, -0.15) is 11.8 Å². The van der Waals surface area contributed by atoms with E-state index in [9.17, 15) is 8.42 Å². The largest absolute Gasteiger partial charge is 0.357 e. The van der Waals surface area contributed by atoms with Gasteiger partial charge in [0.15, 0.2) is 15.8 Å². The lowest BCUT2D eigenvalue weighted by Gasteiger charge is -2.23. The first-order valence-corrected chi connectivity index (χ1v) is 12.0. The Bertz CT molecular complexity index is 690. The second kappa shape index (κ2) is 11.5. The number of nitrogens with zero attached hydrogens (tertiary/aromatic N) is 1. The van der Waals surface area contributed by atoms with Crippen molar-refractivity contribution in [1.82, 2.24) is 10.6 Å². The van der Waals surface area contributed by atoms with Crippen molar-refractivity contribution in [2.24, 2.45) is 4.99 Å². The van der Waals surface area contributed by atoms with Gasteiger partial charge in [-0.05, 0) is 51.0 Å². The van der Waals surface area contributed by atoms with Gasteiger partial charge < -0.3 is 10.6 Å². The monoisotopic (exact) mass is 525 g/mol. The highest BCUT2D eigenvalue weighted by Crippen LogP contribution is 2.37. The van der Waals surface area contributed by atoms with E-state index in [4.69, 9.17) is 4.99 Å². The molecule has 154 valence electrons. The summed E-state index contributed by atoms with van der Waals surface area (Å²) in [4.78, 5) is 5.11. The van der Waals surface area contributed by atoms with Crippen LogP contribution in [-0.2, 0) is 9.84 Å². The molecule has 1 aromatic carbocycles. The number of aliphatic imine (C=N–C) groups is 1. The van der Waals surface area contributed by atoms with Crippen LogP contribution in [0.25, 0.3) is 0 Å². The molecular weight excluding hydrogens is 493 g/mol. The van der Waals surface area contributed by atoms with Crippen LogP contribution in [0.4, 0.5) is 0 Å². The quantitative estimate of drug-likeness (QED) is 0.308. The van der Waals surface area contributed by atoms with Gasteiger partial charge in [-0.3, -0.25) is 4.99 Å². The molecule has 1 heterocycles. The minimum absolute atomic E-state index is 0. The highest BCUT2D eigenvalue weighted by molar-refractivity contribution is 14.0. The molecule has 1 aromatic rings. The van der Waals surface area contributed by atoms with Gasteiger partial charge >= 0.3 is 0 Å². The summed E-state index contributed by atoms with van der Waals surface area (Å²) in [5.74, 6) is 1.96. The molecule has 1 aliphatic heterocycles. The van der Waals surface area contributed by atoms with Crippen LogP contribution in [0.2, 0.25) is 0 Å². The summed E-state index contributed by atoms with van der Waals surface area (Å²) in [7, 11) is -3.32. The molecule has 27 heavy (non-hydrogen) atoms. The molecule has 1 saturated heterocycles. The molecule has 2 rings (SSSR count). The standard InChI is InChI=1S/C19H31N3O2S2.HI/c1-4-16(14-26(23,24)17-10-7-6-8-11-17)22-18(20-5-2)21-15-19(3)12-9-13-25-19;/h6-8,10-11,16H,4-5,9,12-15H2,1-3H3,(H2,20,21,22);1H. The molecule has 1 aliphatic rings. The smallest absolute Gasteiger partial charge is 0.191 e. The molecule has 0 radical (unpaired) electrons. The van der Waals surface area contributed by atoms with Crippen molar-refractivity contribution in [3.63, 3.8) is 0 Å². The lowest BCUT2D eigenvalue weighted by molar-refractivity contribution is 0.566. The fourth-order valence-electron chi connectivity index (χ4n) is 2.97. The van der Waals surface area contributed by atoms with Crippen molar-refractivity contribution in [1.29, 1.82) is 0 Å². The number of guanidine groups is 1. The van der Waals surface area contributed by atoms with Crippen LogP contribution in [0.1, 0.15) is 40.0 Å². The van der Waals surface area contributed by atoms with E-state index >= 15 is 0 Å². The molecule has 8 heteroatoms. The Morgan fingerprint density at radius 1 is 1.30 bits per heavy atom. The fraction of sp³-hybridized carbons (Fsp3) is 0.632. The Morgan fingerprint density at radius 3 is 2.56 bits per heavy atom. The van der Waals surface area contributed by atoms with Crippen LogP contribution in [0.3, 0.4) is 0 Å². The Morgan fingerprint density at radius 2 is 2.00 bits per heavy atom.